The Morgan fingerprint density at radius 1 is 1.23 bits per heavy atom. The highest BCUT2D eigenvalue weighted by atomic mass is 35.5. The number of ether oxygens (including phenoxy) is 1. The highest BCUT2D eigenvalue weighted by Crippen LogP contribution is 2.22. The molecule has 1 aliphatic heterocycles. The van der Waals surface area contributed by atoms with Gasteiger partial charge in [0.25, 0.3) is 0 Å². The summed E-state index contributed by atoms with van der Waals surface area (Å²) in [5, 5.41) is 1.48. The highest BCUT2D eigenvalue weighted by molar-refractivity contribution is 6.31. The standard InChI is InChI=1S/C19H17ClN4O2/c20-14-2-3-15-16(12-21-17(15)9-14)18(25)4-1-13-10-22-19(23-11-13)24-5-7-26-8-6-24/h1-4,9-12,21H,5-8H2. The van der Waals surface area contributed by atoms with E-state index in [0.717, 1.165) is 29.6 Å². The summed E-state index contributed by atoms with van der Waals surface area (Å²) < 4.78 is 5.33. The number of halogens is 1. The molecule has 0 aliphatic carbocycles. The van der Waals surface area contributed by atoms with E-state index in [1.165, 1.54) is 6.08 Å². The number of fused-ring (bicyclic) bond motifs is 1. The summed E-state index contributed by atoms with van der Waals surface area (Å²) in [6.07, 6.45) is 8.39. The molecule has 26 heavy (non-hydrogen) atoms. The van der Waals surface area contributed by atoms with Gasteiger partial charge in [-0.05, 0) is 24.3 Å². The van der Waals surface area contributed by atoms with Gasteiger partial charge in [0.2, 0.25) is 5.95 Å². The summed E-state index contributed by atoms with van der Waals surface area (Å²) >= 11 is 5.97. The molecule has 0 atom stereocenters. The molecule has 3 heterocycles. The highest BCUT2D eigenvalue weighted by Gasteiger charge is 2.13. The van der Waals surface area contributed by atoms with Crippen molar-refractivity contribution in [2.75, 3.05) is 31.2 Å². The Labute approximate surface area is 155 Å². The van der Waals surface area contributed by atoms with Gasteiger partial charge in [0.1, 0.15) is 0 Å². The predicted octanol–water partition coefficient (Wildman–Crippen LogP) is 3.34. The third-order valence-electron chi connectivity index (χ3n) is 4.29. The van der Waals surface area contributed by atoms with Gasteiger partial charge in [-0.2, -0.15) is 0 Å². The molecule has 1 saturated heterocycles. The van der Waals surface area contributed by atoms with Crippen LogP contribution in [0.3, 0.4) is 0 Å². The summed E-state index contributed by atoms with van der Waals surface area (Å²) in [5.41, 5.74) is 2.23. The van der Waals surface area contributed by atoms with Gasteiger partial charge in [-0.1, -0.05) is 17.7 Å². The number of rotatable bonds is 4. The number of nitrogens with one attached hydrogen (secondary N) is 1. The first-order valence-corrected chi connectivity index (χ1v) is 8.72. The number of allylic oxidation sites excluding steroid dienone is 1. The number of nitrogens with zero attached hydrogens (tertiary/aromatic N) is 3. The fourth-order valence-electron chi connectivity index (χ4n) is 2.91. The van der Waals surface area contributed by atoms with Crippen LogP contribution in [0, 0.1) is 0 Å². The number of carbonyl (C=O) groups is 1. The molecule has 7 heteroatoms. The molecule has 0 saturated carbocycles. The lowest BCUT2D eigenvalue weighted by molar-refractivity contribution is 0.104. The van der Waals surface area contributed by atoms with Gasteiger partial charge in [-0.3, -0.25) is 4.79 Å². The number of aromatic amines is 1. The van der Waals surface area contributed by atoms with Gasteiger partial charge >= 0.3 is 0 Å². The molecule has 0 unspecified atom stereocenters. The van der Waals surface area contributed by atoms with E-state index in [1.807, 2.05) is 6.07 Å². The Kier molecular flexibility index (Phi) is 4.69. The van der Waals surface area contributed by atoms with E-state index in [-0.39, 0.29) is 5.78 Å². The third-order valence-corrected chi connectivity index (χ3v) is 4.52. The zero-order valence-electron chi connectivity index (χ0n) is 14.0. The maximum atomic E-state index is 12.5. The van der Waals surface area contributed by atoms with Crippen molar-refractivity contribution in [3.8, 4) is 0 Å². The summed E-state index contributed by atoms with van der Waals surface area (Å²) in [6.45, 7) is 2.96. The van der Waals surface area contributed by atoms with Crippen molar-refractivity contribution < 1.29 is 9.53 Å². The second-order valence-electron chi connectivity index (χ2n) is 6.01. The molecule has 6 nitrogen and oxygen atoms in total. The number of carbonyl (C=O) groups excluding carboxylic acids is 1. The number of ketones is 1. The molecule has 0 bridgehead atoms. The molecule has 132 valence electrons. The smallest absolute Gasteiger partial charge is 0.225 e. The van der Waals surface area contributed by atoms with Crippen LogP contribution in [0.1, 0.15) is 15.9 Å². The van der Waals surface area contributed by atoms with Crippen molar-refractivity contribution in [1.29, 1.82) is 0 Å². The minimum atomic E-state index is -0.0872. The second kappa shape index (κ2) is 7.27. The third kappa shape index (κ3) is 3.47. The number of aromatic nitrogens is 3. The molecule has 0 amide bonds. The molecule has 1 fully saturated rings. The number of hydrogen-bond donors (Lipinski definition) is 1. The van der Waals surface area contributed by atoms with E-state index in [9.17, 15) is 4.79 Å². The first-order chi connectivity index (χ1) is 12.7. The fraction of sp³-hybridized carbons (Fsp3) is 0.211. The van der Waals surface area contributed by atoms with E-state index in [0.29, 0.717) is 29.7 Å². The SMILES string of the molecule is O=C(C=Cc1cnc(N2CCOCC2)nc1)c1c[nH]c2cc(Cl)ccc12. The Morgan fingerprint density at radius 2 is 2.00 bits per heavy atom. The molecular weight excluding hydrogens is 352 g/mol. The first kappa shape index (κ1) is 16.8. The van der Waals surface area contributed by atoms with E-state index in [1.54, 1.807) is 36.8 Å². The van der Waals surface area contributed by atoms with Crippen LogP contribution in [0.5, 0.6) is 0 Å². The van der Waals surface area contributed by atoms with E-state index < -0.39 is 0 Å². The molecule has 0 radical (unpaired) electrons. The van der Waals surface area contributed by atoms with Crippen molar-refractivity contribution in [3.05, 3.63) is 59.0 Å². The summed E-state index contributed by atoms with van der Waals surface area (Å²) in [7, 11) is 0. The van der Waals surface area contributed by atoms with Crippen LogP contribution in [0.25, 0.3) is 17.0 Å². The van der Waals surface area contributed by atoms with E-state index in [4.69, 9.17) is 16.3 Å². The van der Waals surface area contributed by atoms with Gasteiger partial charge < -0.3 is 14.6 Å². The lowest BCUT2D eigenvalue weighted by Crippen LogP contribution is -2.37. The van der Waals surface area contributed by atoms with Crippen LogP contribution in [0.15, 0.2) is 42.9 Å². The van der Waals surface area contributed by atoms with Gasteiger partial charge in [0.05, 0.1) is 13.2 Å². The lowest BCUT2D eigenvalue weighted by Gasteiger charge is -2.26. The van der Waals surface area contributed by atoms with Crippen LogP contribution in [0.2, 0.25) is 5.02 Å². The summed E-state index contributed by atoms with van der Waals surface area (Å²) in [5.74, 6) is 0.598. The Morgan fingerprint density at radius 3 is 2.77 bits per heavy atom. The van der Waals surface area contributed by atoms with Gasteiger partial charge in [0, 0.05) is 58.7 Å². The van der Waals surface area contributed by atoms with E-state index >= 15 is 0 Å². The summed E-state index contributed by atoms with van der Waals surface area (Å²) in [6, 6.07) is 5.42. The van der Waals surface area contributed by atoms with Crippen LogP contribution in [-0.4, -0.2) is 47.0 Å². The zero-order chi connectivity index (χ0) is 17.9. The molecule has 2 aromatic heterocycles. The average Bonchev–Trinajstić information content (AvgIpc) is 3.10. The Hall–Kier alpha value is -2.70. The maximum absolute atomic E-state index is 12.5. The minimum absolute atomic E-state index is 0.0872. The molecule has 0 spiro atoms. The van der Waals surface area contributed by atoms with Crippen molar-refractivity contribution in [1.82, 2.24) is 15.0 Å². The predicted molar refractivity (Wildman–Crippen MR) is 102 cm³/mol. The van der Waals surface area contributed by atoms with Crippen molar-refractivity contribution in [3.63, 3.8) is 0 Å². The normalized spacial score (nSPS) is 15.0. The van der Waals surface area contributed by atoms with Crippen molar-refractivity contribution in [2.24, 2.45) is 0 Å². The number of anilines is 1. The minimum Gasteiger partial charge on any atom is -0.378 e. The van der Waals surface area contributed by atoms with Gasteiger partial charge in [0.15, 0.2) is 5.78 Å². The molecule has 3 aromatic rings. The van der Waals surface area contributed by atoms with Gasteiger partial charge in [-0.25, -0.2) is 9.97 Å². The van der Waals surface area contributed by atoms with Crippen LogP contribution < -0.4 is 4.90 Å². The molecule has 1 aliphatic rings. The zero-order valence-corrected chi connectivity index (χ0v) is 14.7. The first-order valence-electron chi connectivity index (χ1n) is 8.34. The maximum Gasteiger partial charge on any atom is 0.225 e. The number of hydrogen-bond acceptors (Lipinski definition) is 5. The van der Waals surface area contributed by atoms with Crippen LogP contribution >= 0.6 is 11.6 Å². The topological polar surface area (TPSA) is 71.1 Å². The molecular formula is C19H17ClN4O2. The Balaban J connectivity index is 1.49. The molecule has 4 rings (SSSR count). The van der Waals surface area contributed by atoms with E-state index in [2.05, 4.69) is 19.9 Å². The number of benzene rings is 1. The second-order valence-corrected chi connectivity index (χ2v) is 6.44. The fourth-order valence-corrected chi connectivity index (χ4v) is 3.08. The Bertz CT molecular complexity index is 959. The number of morpholine rings is 1. The van der Waals surface area contributed by atoms with Crippen LogP contribution in [-0.2, 0) is 4.74 Å². The summed E-state index contributed by atoms with van der Waals surface area (Å²) in [4.78, 5) is 26.4. The van der Waals surface area contributed by atoms with Crippen LogP contribution in [0.4, 0.5) is 5.95 Å². The largest absolute Gasteiger partial charge is 0.378 e. The van der Waals surface area contributed by atoms with Crippen molar-refractivity contribution >= 4 is 40.3 Å². The lowest BCUT2D eigenvalue weighted by atomic mass is 10.1. The average molecular weight is 369 g/mol. The number of H-pyrrole nitrogens is 1. The monoisotopic (exact) mass is 368 g/mol. The van der Waals surface area contributed by atoms with Crippen molar-refractivity contribution in [2.45, 2.75) is 0 Å². The molecule has 1 aromatic carbocycles. The van der Waals surface area contributed by atoms with Gasteiger partial charge in [-0.15, -0.1) is 0 Å². The molecule has 1 N–H and O–H groups in total. The quantitative estimate of drug-likeness (QED) is 0.565.